The van der Waals surface area contributed by atoms with Gasteiger partial charge in [0.15, 0.2) is 23.3 Å². The lowest BCUT2D eigenvalue weighted by molar-refractivity contribution is 0.509. The topological polar surface area (TPSA) is 52.0 Å². The molecule has 0 spiro atoms. The Hall–Kier alpha value is -3.68. The van der Waals surface area contributed by atoms with E-state index in [0.717, 1.165) is 35.4 Å². The van der Waals surface area contributed by atoms with Gasteiger partial charge in [-0.15, -0.1) is 0 Å². The molecule has 1 aliphatic rings. The van der Waals surface area contributed by atoms with Crippen molar-refractivity contribution in [3.63, 3.8) is 0 Å². The van der Waals surface area contributed by atoms with E-state index in [4.69, 9.17) is 5.41 Å². The predicted octanol–water partition coefficient (Wildman–Crippen LogP) is 5.65. The molecule has 3 aromatic rings. The van der Waals surface area contributed by atoms with Crippen LogP contribution in [0, 0.1) is 28.7 Å². The molecule has 30 heavy (non-hydrogen) atoms. The Morgan fingerprint density at radius 3 is 2.30 bits per heavy atom. The molecule has 2 heterocycles. The normalized spacial score (nSPS) is 13.9. The van der Waals surface area contributed by atoms with Gasteiger partial charge in [0.25, 0.3) is 0 Å². The summed E-state index contributed by atoms with van der Waals surface area (Å²) in [6.07, 6.45) is 3.76. The fourth-order valence-corrected chi connectivity index (χ4v) is 3.21. The van der Waals surface area contributed by atoms with E-state index in [-0.39, 0.29) is 12.3 Å². The standard InChI is InChI=1S/C22H16F4N4/c23-17-3-1-15(11-19(17)25)29-22-10-13(5-7-28-22)14-6-8-30(21(27)9-14)16-2-4-18(24)20(26)12-16/h1-7,10-12,27H,8-9H2,(H,28,29). The van der Waals surface area contributed by atoms with Gasteiger partial charge in [-0.3, -0.25) is 5.41 Å². The van der Waals surface area contributed by atoms with Crippen LogP contribution in [0.15, 0.2) is 60.8 Å². The van der Waals surface area contributed by atoms with E-state index < -0.39 is 23.3 Å². The molecule has 2 N–H and O–H groups in total. The molecule has 0 amide bonds. The smallest absolute Gasteiger partial charge is 0.160 e. The van der Waals surface area contributed by atoms with Gasteiger partial charge in [-0.05, 0) is 47.5 Å². The second kappa shape index (κ2) is 7.98. The second-order valence-corrected chi connectivity index (χ2v) is 6.75. The van der Waals surface area contributed by atoms with Gasteiger partial charge in [0, 0.05) is 42.7 Å². The molecule has 1 aliphatic heterocycles. The molecule has 0 saturated heterocycles. The van der Waals surface area contributed by atoms with Crippen LogP contribution in [0.4, 0.5) is 34.8 Å². The third kappa shape index (κ3) is 4.03. The van der Waals surface area contributed by atoms with E-state index in [1.807, 2.05) is 6.08 Å². The maximum atomic E-state index is 13.5. The van der Waals surface area contributed by atoms with E-state index in [2.05, 4.69) is 10.3 Å². The summed E-state index contributed by atoms with van der Waals surface area (Å²) in [5, 5.41) is 11.2. The highest BCUT2D eigenvalue weighted by Crippen LogP contribution is 2.29. The molecule has 0 radical (unpaired) electrons. The van der Waals surface area contributed by atoms with Gasteiger partial charge < -0.3 is 10.2 Å². The SMILES string of the molecule is N=C1CC(c2ccnc(Nc3ccc(F)c(F)c3)c2)=CCN1c1ccc(F)c(F)c1. The summed E-state index contributed by atoms with van der Waals surface area (Å²) >= 11 is 0. The largest absolute Gasteiger partial charge is 0.340 e. The number of benzene rings is 2. The number of amidine groups is 1. The molecule has 1 aromatic heterocycles. The van der Waals surface area contributed by atoms with Crippen molar-refractivity contribution >= 4 is 28.6 Å². The van der Waals surface area contributed by atoms with Crippen LogP contribution in [-0.2, 0) is 0 Å². The van der Waals surface area contributed by atoms with Crippen LogP contribution < -0.4 is 10.2 Å². The van der Waals surface area contributed by atoms with Crippen LogP contribution in [0.25, 0.3) is 5.57 Å². The number of halogens is 4. The van der Waals surface area contributed by atoms with Gasteiger partial charge in [0.2, 0.25) is 0 Å². The molecule has 0 bridgehead atoms. The third-order valence-corrected chi connectivity index (χ3v) is 4.74. The molecule has 0 fully saturated rings. The van der Waals surface area contributed by atoms with Crippen molar-refractivity contribution < 1.29 is 17.6 Å². The van der Waals surface area contributed by atoms with Crippen LogP contribution in [-0.4, -0.2) is 17.4 Å². The molecule has 4 rings (SSSR count). The molecule has 8 heteroatoms. The molecule has 0 saturated carbocycles. The van der Waals surface area contributed by atoms with Crippen molar-refractivity contribution in [1.29, 1.82) is 5.41 Å². The highest BCUT2D eigenvalue weighted by atomic mass is 19.2. The average Bonchev–Trinajstić information content (AvgIpc) is 2.73. The zero-order valence-electron chi connectivity index (χ0n) is 15.6. The van der Waals surface area contributed by atoms with E-state index >= 15 is 0 Å². The van der Waals surface area contributed by atoms with E-state index in [9.17, 15) is 17.6 Å². The van der Waals surface area contributed by atoms with Crippen molar-refractivity contribution in [2.24, 2.45) is 0 Å². The first-order valence-electron chi connectivity index (χ1n) is 9.08. The number of hydrogen-bond acceptors (Lipinski definition) is 3. The maximum Gasteiger partial charge on any atom is 0.160 e. The van der Waals surface area contributed by atoms with Crippen molar-refractivity contribution in [1.82, 2.24) is 4.98 Å². The molecule has 0 unspecified atom stereocenters. The minimum Gasteiger partial charge on any atom is -0.340 e. The van der Waals surface area contributed by atoms with Crippen LogP contribution in [0.1, 0.15) is 12.0 Å². The number of nitrogens with one attached hydrogen (secondary N) is 2. The predicted molar refractivity (Wildman–Crippen MR) is 108 cm³/mol. The Labute approximate surface area is 170 Å². The van der Waals surface area contributed by atoms with Crippen molar-refractivity contribution in [2.75, 3.05) is 16.8 Å². The lowest BCUT2D eigenvalue weighted by Crippen LogP contribution is -2.33. The molecule has 0 atom stereocenters. The number of anilines is 3. The van der Waals surface area contributed by atoms with Crippen LogP contribution in [0.2, 0.25) is 0 Å². The molecular formula is C22H16F4N4. The highest BCUT2D eigenvalue weighted by molar-refractivity contribution is 6.04. The van der Waals surface area contributed by atoms with Crippen LogP contribution in [0.3, 0.4) is 0 Å². The number of pyridine rings is 1. The Kier molecular flexibility index (Phi) is 5.22. The second-order valence-electron chi connectivity index (χ2n) is 6.75. The van der Waals surface area contributed by atoms with E-state index in [0.29, 0.717) is 23.7 Å². The quantitative estimate of drug-likeness (QED) is 0.545. The Balaban J connectivity index is 1.54. The molecular weight excluding hydrogens is 396 g/mol. The monoisotopic (exact) mass is 412 g/mol. The molecule has 0 aliphatic carbocycles. The zero-order chi connectivity index (χ0) is 21.3. The maximum absolute atomic E-state index is 13.5. The summed E-state index contributed by atoms with van der Waals surface area (Å²) in [6, 6.07) is 10.5. The minimum atomic E-state index is -0.961. The first-order chi connectivity index (χ1) is 14.4. The lowest BCUT2D eigenvalue weighted by Gasteiger charge is -2.29. The lowest BCUT2D eigenvalue weighted by atomic mass is 9.99. The Morgan fingerprint density at radius 2 is 1.60 bits per heavy atom. The fourth-order valence-electron chi connectivity index (χ4n) is 3.21. The van der Waals surface area contributed by atoms with Crippen molar-refractivity contribution in [2.45, 2.75) is 6.42 Å². The van der Waals surface area contributed by atoms with Gasteiger partial charge in [0.05, 0.1) is 0 Å². The summed E-state index contributed by atoms with van der Waals surface area (Å²) in [4.78, 5) is 5.78. The van der Waals surface area contributed by atoms with Crippen molar-refractivity contribution in [3.8, 4) is 0 Å². The third-order valence-electron chi connectivity index (χ3n) is 4.74. The van der Waals surface area contributed by atoms with Gasteiger partial charge in [-0.1, -0.05) is 6.08 Å². The molecule has 152 valence electrons. The summed E-state index contributed by atoms with van der Waals surface area (Å²) in [5.74, 6) is -3.11. The number of aromatic nitrogens is 1. The first-order valence-corrected chi connectivity index (χ1v) is 9.08. The first kappa shape index (κ1) is 19.6. The summed E-state index contributed by atoms with van der Waals surface area (Å²) < 4.78 is 53.2. The van der Waals surface area contributed by atoms with Gasteiger partial charge in [-0.2, -0.15) is 0 Å². The number of nitrogens with zero attached hydrogens (tertiary/aromatic N) is 2. The zero-order valence-corrected chi connectivity index (χ0v) is 15.6. The van der Waals surface area contributed by atoms with Gasteiger partial charge >= 0.3 is 0 Å². The molecule has 4 nitrogen and oxygen atoms in total. The fraction of sp³-hybridized carbons (Fsp3) is 0.0909. The van der Waals surface area contributed by atoms with E-state index in [1.54, 1.807) is 23.2 Å². The van der Waals surface area contributed by atoms with E-state index in [1.165, 1.54) is 12.1 Å². The Bertz CT molecular complexity index is 1160. The number of hydrogen-bond donors (Lipinski definition) is 2. The summed E-state index contributed by atoms with van der Waals surface area (Å²) in [7, 11) is 0. The van der Waals surface area contributed by atoms with Crippen LogP contribution >= 0.6 is 0 Å². The summed E-state index contributed by atoms with van der Waals surface area (Å²) in [6.45, 7) is 0.327. The van der Waals surface area contributed by atoms with Gasteiger partial charge in [0.1, 0.15) is 11.7 Å². The number of rotatable bonds is 4. The molecule has 2 aromatic carbocycles. The van der Waals surface area contributed by atoms with Gasteiger partial charge in [-0.25, -0.2) is 22.5 Å². The minimum absolute atomic E-state index is 0.241. The Morgan fingerprint density at radius 1 is 0.867 bits per heavy atom. The highest BCUT2D eigenvalue weighted by Gasteiger charge is 2.20. The summed E-state index contributed by atoms with van der Waals surface area (Å²) in [5.41, 5.74) is 2.44. The van der Waals surface area contributed by atoms with Crippen LogP contribution in [0.5, 0.6) is 0 Å². The average molecular weight is 412 g/mol. The van der Waals surface area contributed by atoms with Crippen molar-refractivity contribution in [3.05, 3.63) is 89.6 Å².